The van der Waals surface area contributed by atoms with Crippen molar-refractivity contribution in [1.82, 2.24) is 14.8 Å². The predicted octanol–water partition coefficient (Wildman–Crippen LogP) is 3.48. The summed E-state index contributed by atoms with van der Waals surface area (Å²) in [5, 5.41) is 9.08. The van der Waals surface area contributed by atoms with E-state index in [1.54, 1.807) is 0 Å². The fourth-order valence-corrected chi connectivity index (χ4v) is 2.05. The zero-order chi connectivity index (χ0) is 13.9. The molecule has 0 N–H and O–H groups in total. The number of benzene rings is 1. The van der Waals surface area contributed by atoms with Crippen LogP contribution in [0.1, 0.15) is 32.4 Å². The van der Waals surface area contributed by atoms with Crippen molar-refractivity contribution in [1.29, 1.82) is 0 Å². The summed E-state index contributed by atoms with van der Waals surface area (Å²) in [6.45, 7) is 6.53. The van der Waals surface area contributed by atoms with Crippen molar-refractivity contribution in [2.45, 2.75) is 38.3 Å². The van der Waals surface area contributed by atoms with Crippen LogP contribution >= 0.6 is 15.9 Å². The predicted molar refractivity (Wildman–Crippen MR) is 78.5 cm³/mol. The van der Waals surface area contributed by atoms with Crippen molar-refractivity contribution in [2.24, 2.45) is 0 Å². The molecule has 1 aromatic carbocycles. The fourth-order valence-electron chi connectivity index (χ4n) is 1.69. The van der Waals surface area contributed by atoms with Gasteiger partial charge in [-0.3, -0.25) is 4.57 Å². The Hall–Kier alpha value is -1.20. The molecule has 4 nitrogen and oxygen atoms in total. The largest absolute Gasteiger partial charge is 0.368 e. The quantitative estimate of drug-likeness (QED) is 0.809. The van der Waals surface area contributed by atoms with E-state index in [9.17, 15) is 0 Å². The van der Waals surface area contributed by atoms with E-state index in [0.717, 1.165) is 17.3 Å². The Labute approximate surface area is 121 Å². The number of nitrogens with zero attached hydrogens (tertiary/aromatic N) is 3. The molecule has 0 bridgehead atoms. The summed E-state index contributed by atoms with van der Waals surface area (Å²) < 4.78 is 7.82. The van der Waals surface area contributed by atoms with Crippen LogP contribution < -0.4 is 0 Å². The maximum absolute atomic E-state index is 5.80. The summed E-state index contributed by atoms with van der Waals surface area (Å²) in [7, 11) is 0. The molecule has 2 aromatic rings. The molecule has 0 aliphatic carbocycles. The van der Waals surface area contributed by atoms with Gasteiger partial charge in [-0.1, -0.05) is 34.1 Å². The Morgan fingerprint density at radius 2 is 1.74 bits per heavy atom. The zero-order valence-corrected chi connectivity index (χ0v) is 13.0. The van der Waals surface area contributed by atoms with E-state index in [-0.39, 0.29) is 5.60 Å². The first-order valence-electron chi connectivity index (χ1n) is 6.20. The van der Waals surface area contributed by atoms with Gasteiger partial charge in [-0.25, -0.2) is 0 Å². The molecule has 0 atom stereocenters. The molecule has 0 amide bonds. The second kappa shape index (κ2) is 5.84. The summed E-state index contributed by atoms with van der Waals surface area (Å²) in [4.78, 5) is 0. The maximum atomic E-state index is 5.80. The first-order chi connectivity index (χ1) is 9.01. The summed E-state index contributed by atoms with van der Waals surface area (Å²) in [6.07, 6.45) is 0. The van der Waals surface area contributed by atoms with Crippen molar-refractivity contribution in [3.05, 3.63) is 42.0 Å². The van der Waals surface area contributed by atoms with Crippen LogP contribution in [0.25, 0.3) is 5.69 Å². The standard InChI is InChI=1S/C14H18BrN3O/c1-14(2,3)19-10-13-17-16-12(9-15)18(13)11-7-5-4-6-8-11/h4-8H,9-10H2,1-3H3. The molecule has 0 aliphatic heterocycles. The van der Waals surface area contributed by atoms with E-state index in [1.807, 2.05) is 55.7 Å². The molecule has 102 valence electrons. The highest BCUT2D eigenvalue weighted by Gasteiger charge is 2.16. The van der Waals surface area contributed by atoms with Gasteiger partial charge in [0.05, 0.1) is 10.9 Å². The Kier molecular flexibility index (Phi) is 4.37. The third kappa shape index (κ3) is 3.64. The van der Waals surface area contributed by atoms with Crippen LogP contribution in [0.2, 0.25) is 0 Å². The number of hydrogen-bond acceptors (Lipinski definition) is 3. The molecular formula is C14H18BrN3O. The summed E-state index contributed by atoms with van der Waals surface area (Å²) >= 11 is 3.45. The van der Waals surface area contributed by atoms with Crippen molar-refractivity contribution in [3.63, 3.8) is 0 Å². The molecule has 1 heterocycles. The maximum Gasteiger partial charge on any atom is 0.163 e. The minimum Gasteiger partial charge on any atom is -0.368 e. The molecule has 5 heteroatoms. The van der Waals surface area contributed by atoms with Gasteiger partial charge >= 0.3 is 0 Å². The van der Waals surface area contributed by atoms with E-state index in [0.29, 0.717) is 11.9 Å². The Morgan fingerprint density at radius 1 is 1.11 bits per heavy atom. The van der Waals surface area contributed by atoms with E-state index in [1.165, 1.54) is 0 Å². The topological polar surface area (TPSA) is 39.9 Å². The average molecular weight is 324 g/mol. The van der Waals surface area contributed by atoms with E-state index in [4.69, 9.17) is 4.74 Å². The number of halogens is 1. The average Bonchev–Trinajstić information content (AvgIpc) is 2.79. The number of ether oxygens (including phenoxy) is 1. The van der Waals surface area contributed by atoms with Gasteiger partial charge in [-0.05, 0) is 32.9 Å². The third-order valence-corrected chi connectivity index (χ3v) is 3.07. The molecule has 0 unspecified atom stereocenters. The van der Waals surface area contributed by atoms with Crippen LogP contribution in [0.5, 0.6) is 0 Å². The van der Waals surface area contributed by atoms with E-state index >= 15 is 0 Å². The summed E-state index contributed by atoms with van der Waals surface area (Å²) in [5.74, 6) is 1.69. The van der Waals surface area contributed by atoms with E-state index < -0.39 is 0 Å². The van der Waals surface area contributed by atoms with Crippen molar-refractivity contribution >= 4 is 15.9 Å². The van der Waals surface area contributed by atoms with Gasteiger partial charge < -0.3 is 4.74 Å². The lowest BCUT2D eigenvalue weighted by molar-refractivity contribution is -0.0187. The highest BCUT2D eigenvalue weighted by Crippen LogP contribution is 2.17. The van der Waals surface area contributed by atoms with Gasteiger partial charge in [0.2, 0.25) is 0 Å². The highest BCUT2D eigenvalue weighted by atomic mass is 79.9. The van der Waals surface area contributed by atoms with Gasteiger partial charge in [0.15, 0.2) is 5.82 Å². The van der Waals surface area contributed by atoms with Crippen molar-refractivity contribution < 1.29 is 4.74 Å². The normalized spacial score (nSPS) is 11.8. The van der Waals surface area contributed by atoms with Gasteiger partial charge in [0.25, 0.3) is 0 Å². The van der Waals surface area contributed by atoms with Crippen LogP contribution in [0, 0.1) is 0 Å². The molecule has 19 heavy (non-hydrogen) atoms. The van der Waals surface area contributed by atoms with E-state index in [2.05, 4.69) is 26.1 Å². The number of aromatic nitrogens is 3. The molecule has 0 spiro atoms. The number of alkyl halides is 1. The molecule has 2 rings (SSSR count). The third-order valence-electron chi connectivity index (χ3n) is 2.57. The molecular weight excluding hydrogens is 306 g/mol. The Balaban J connectivity index is 2.33. The van der Waals surface area contributed by atoms with Gasteiger partial charge in [-0.15, -0.1) is 10.2 Å². The highest BCUT2D eigenvalue weighted by molar-refractivity contribution is 9.08. The minimum atomic E-state index is -0.192. The van der Waals surface area contributed by atoms with Gasteiger partial charge in [-0.2, -0.15) is 0 Å². The molecule has 0 aliphatic rings. The molecule has 1 aromatic heterocycles. The molecule has 0 fully saturated rings. The molecule has 0 saturated heterocycles. The SMILES string of the molecule is CC(C)(C)OCc1nnc(CBr)n1-c1ccccc1. The minimum absolute atomic E-state index is 0.192. The van der Waals surface area contributed by atoms with Crippen LogP contribution in [-0.2, 0) is 16.7 Å². The first-order valence-corrected chi connectivity index (χ1v) is 7.32. The van der Waals surface area contributed by atoms with Gasteiger partial charge in [0.1, 0.15) is 12.4 Å². The second-order valence-electron chi connectivity index (χ2n) is 5.24. The summed E-state index contributed by atoms with van der Waals surface area (Å²) in [5.41, 5.74) is 0.858. The number of hydrogen-bond donors (Lipinski definition) is 0. The van der Waals surface area contributed by atoms with Crippen LogP contribution in [0.4, 0.5) is 0 Å². The zero-order valence-electron chi connectivity index (χ0n) is 11.4. The number of para-hydroxylation sites is 1. The van der Waals surface area contributed by atoms with Crippen LogP contribution in [-0.4, -0.2) is 20.4 Å². The van der Waals surface area contributed by atoms with Crippen LogP contribution in [0.3, 0.4) is 0 Å². The van der Waals surface area contributed by atoms with Crippen molar-refractivity contribution in [2.75, 3.05) is 0 Å². The second-order valence-corrected chi connectivity index (χ2v) is 5.80. The Morgan fingerprint density at radius 3 is 2.32 bits per heavy atom. The lowest BCUT2D eigenvalue weighted by Gasteiger charge is -2.19. The lowest BCUT2D eigenvalue weighted by atomic mass is 10.2. The lowest BCUT2D eigenvalue weighted by Crippen LogP contribution is -2.20. The fraction of sp³-hybridized carbons (Fsp3) is 0.429. The van der Waals surface area contributed by atoms with Crippen molar-refractivity contribution in [3.8, 4) is 5.69 Å². The Bertz CT molecular complexity index is 531. The van der Waals surface area contributed by atoms with Gasteiger partial charge in [0, 0.05) is 5.69 Å². The molecule has 0 radical (unpaired) electrons. The monoisotopic (exact) mass is 323 g/mol. The molecule has 0 saturated carbocycles. The first kappa shape index (κ1) is 14.2. The van der Waals surface area contributed by atoms with Crippen LogP contribution in [0.15, 0.2) is 30.3 Å². The smallest absolute Gasteiger partial charge is 0.163 e. The number of rotatable bonds is 4. The summed E-state index contributed by atoms with van der Waals surface area (Å²) in [6, 6.07) is 10.1.